The maximum Gasteiger partial charge on any atom is 0.419 e. The van der Waals surface area contributed by atoms with Gasteiger partial charge in [-0.3, -0.25) is 9.59 Å². The van der Waals surface area contributed by atoms with Gasteiger partial charge in [0.05, 0.1) is 23.7 Å². The molecule has 3 aromatic heterocycles. The lowest BCUT2D eigenvalue weighted by Gasteiger charge is -2.08. The highest BCUT2D eigenvalue weighted by Crippen LogP contribution is 2.28. The van der Waals surface area contributed by atoms with Gasteiger partial charge in [-0.15, -0.1) is 0 Å². The Morgan fingerprint density at radius 3 is 2.45 bits per heavy atom. The molecule has 0 aliphatic rings. The molecule has 0 unspecified atom stereocenters. The van der Waals surface area contributed by atoms with Crippen molar-refractivity contribution in [3.63, 3.8) is 0 Å². The number of alkyl halides is 3. The number of amides is 1. The molecule has 0 fully saturated rings. The first-order valence-corrected chi connectivity index (χ1v) is 8.99. The Kier molecular flexibility index (Phi) is 6.48. The van der Waals surface area contributed by atoms with E-state index >= 15 is 0 Å². The van der Waals surface area contributed by atoms with Crippen molar-refractivity contribution < 1.29 is 27.9 Å². The Morgan fingerprint density at radius 2 is 1.87 bits per heavy atom. The third kappa shape index (κ3) is 6.01. The highest BCUT2D eigenvalue weighted by Gasteiger charge is 2.32. The molecule has 0 aliphatic heterocycles. The molecular weight excluding hydrogens is 417 g/mol. The highest BCUT2D eigenvalue weighted by molar-refractivity contribution is 5.94. The number of rotatable bonds is 8. The van der Waals surface area contributed by atoms with Crippen molar-refractivity contribution in [3.8, 4) is 5.82 Å². The van der Waals surface area contributed by atoms with Gasteiger partial charge < -0.3 is 15.7 Å². The maximum atomic E-state index is 12.7. The highest BCUT2D eigenvalue weighted by atomic mass is 19.4. The number of carboxylic acid groups (broad SMARTS) is 1. The summed E-state index contributed by atoms with van der Waals surface area (Å²) in [6, 6.07) is 6.37. The zero-order valence-corrected chi connectivity index (χ0v) is 15.9. The molecule has 3 heterocycles. The number of hydrogen-bond acceptors (Lipinski definition) is 6. The van der Waals surface area contributed by atoms with E-state index in [1.165, 1.54) is 12.4 Å². The molecule has 3 rings (SSSR count). The number of carbonyl (C=O) groups excluding carboxylic acids is 1. The number of nitrogens with zero attached hydrogens (tertiary/aromatic N) is 4. The number of nitrogens with one attached hydrogen (secondary N) is 2. The van der Waals surface area contributed by atoms with Crippen molar-refractivity contribution >= 4 is 17.7 Å². The number of pyridine rings is 2. The molecule has 3 aromatic rings. The Balaban J connectivity index is 1.54. The molecule has 1 amide bonds. The first-order chi connectivity index (χ1) is 14.7. The molecular formula is C19H17F3N6O3. The fourth-order valence-electron chi connectivity index (χ4n) is 2.46. The zero-order chi connectivity index (χ0) is 22.4. The number of aliphatic carboxylic acids is 1. The molecule has 0 saturated heterocycles. The SMILES string of the molecule is O=C(O)CCNC(=O)c1ccc(NCc2ccc(-n3cc(C(F)(F)F)cn3)nc2)nc1. The van der Waals surface area contributed by atoms with Gasteiger partial charge in [0.2, 0.25) is 0 Å². The van der Waals surface area contributed by atoms with Crippen LogP contribution in [0, 0.1) is 0 Å². The molecule has 0 bridgehead atoms. The van der Waals surface area contributed by atoms with Gasteiger partial charge in [-0.1, -0.05) is 6.07 Å². The van der Waals surface area contributed by atoms with E-state index in [1.807, 2.05) is 0 Å². The molecule has 31 heavy (non-hydrogen) atoms. The lowest BCUT2D eigenvalue weighted by molar-refractivity contribution is -0.138. The molecule has 0 radical (unpaired) electrons. The van der Waals surface area contributed by atoms with E-state index in [9.17, 15) is 22.8 Å². The van der Waals surface area contributed by atoms with Gasteiger partial charge in [0, 0.05) is 31.7 Å². The minimum atomic E-state index is -4.47. The minimum absolute atomic E-state index is 0.0210. The van der Waals surface area contributed by atoms with Crippen LogP contribution in [0.5, 0.6) is 0 Å². The number of halogens is 3. The predicted octanol–water partition coefficient (Wildman–Crippen LogP) is 2.50. The Morgan fingerprint density at radius 1 is 1.06 bits per heavy atom. The van der Waals surface area contributed by atoms with Crippen molar-refractivity contribution in [1.29, 1.82) is 0 Å². The standard InChI is InChI=1S/C19H17F3N6O3/c20-19(21,22)14-10-27-28(11-14)16-4-1-12(8-26-16)7-24-15-3-2-13(9-25-15)18(31)23-6-5-17(29)30/h1-4,8-11H,5-7H2,(H,23,31)(H,24,25)(H,29,30). The second-order valence-electron chi connectivity index (χ2n) is 6.38. The Bertz CT molecular complexity index is 1050. The van der Waals surface area contributed by atoms with Crippen LogP contribution in [-0.2, 0) is 17.5 Å². The molecule has 0 spiro atoms. The third-order valence-corrected chi connectivity index (χ3v) is 4.08. The van der Waals surface area contributed by atoms with Crippen molar-refractivity contribution in [2.45, 2.75) is 19.1 Å². The summed E-state index contributed by atoms with van der Waals surface area (Å²) in [7, 11) is 0. The van der Waals surface area contributed by atoms with E-state index in [1.54, 1.807) is 24.3 Å². The fourth-order valence-corrected chi connectivity index (χ4v) is 2.46. The lowest BCUT2D eigenvalue weighted by atomic mass is 10.2. The van der Waals surface area contributed by atoms with E-state index in [0.29, 0.717) is 17.9 Å². The molecule has 0 atom stereocenters. The molecule has 0 saturated carbocycles. The van der Waals surface area contributed by atoms with Gasteiger partial charge in [0.15, 0.2) is 5.82 Å². The van der Waals surface area contributed by atoms with Gasteiger partial charge in [-0.05, 0) is 23.8 Å². The fraction of sp³-hybridized carbons (Fsp3) is 0.211. The van der Waals surface area contributed by atoms with Crippen LogP contribution in [0.3, 0.4) is 0 Å². The normalized spacial score (nSPS) is 11.2. The quantitative estimate of drug-likeness (QED) is 0.498. The van der Waals surface area contributed by atoms with Crippen molar-refractivity contribution in [3.05, 3.63) is 65.7 Å². The number of hydrogen-bond donors (Lipinski definition) is 3. The van der Waals surface area contributed by atoms with Crippen LogP contribution in [0.4, 0.5) is 19.0 Å². The smallest absolute Gasteiger partial charge is 0.419 e. The zero-order valence-electron chi connectivity index (χ0n) is 15.9. The predicted molar refractivity (Wildman–Crippen MR) is 103 cm³/mol. The monoisotopic (exact) mass is 434 g/mol. The Labute approximate surface area is 173 Å². The summed E-state index contributed by atoms with van der Waals surface area (Å²) in [5.41, 5.74) is 0.189. The summed E-state index contributed by atoms with van der Waals surface area (Å²) in [5.74, 6) is -0.688. The molecule has 0 aromatic carbocycles. The van der Waals surface area contributed by atoms with Crippen LogP contribution in [-0.4, -0.2) is 43.3 Å². The van der Waals surface area contributed by atoms with Crippen LogP contribution in [0.1, 0.15) is 27.9 Å². The largest absolute Gasteiger partial charge is 0.481 e. The lowest BCUT2D eigenvalue weighted by Crippen LogP contribution is -2.26. The maximum absolute atomic E-state index is 12.7. The summed E-state index contributed by atoms with van der Waals surface area (Å²) in [5, 5.41) is 17.8. The Hall–Kier alpha value is -3.96. The summed E-state index contributed by atoms with van der Waals surface area (Å²) in [4.78, 5) is 30.6. The second kappa shape index (κ2) is 9.24. The molecule has 162 valence electrons. The van der Waals surface area contributed by atoms with Crippen LogP contribution in [0.25, 0.3) is 5.82 Å². The van der Waals surface area contributed by atoms with Gasteiger partial charge in [-0.2, -0.15) is 18.3 Å². The van der Waals surface area contributed by atoms with Gasteiger partial charge in [0.1, 0.15) is 5.82 Å². The molecule has 9 nitrogen and oxygen atoms in total. The topological polar surface area (TPSA) is 122 Å². The number of carboxylic acids is 1. The number of anilines is 1. The van der Waals surface area contributed by atoms with E-state index in [0.717, 1.165) is 22.6 Å². The number of aromatic nitrogens is 4. The average Bonchev–Trinajstić information content (AvgIpc) is 3.23. The second-order valence-corrected chi connectivity index (χ2v) is 6.38. The summed E-state index contributed by atoms with van der Waals surface area (Å²) in [6.45, 7) is 0.366. The molecule has 0 aliphatic carbocycles. The summed E-state index contributed by atoms with van der Waals surface area (Å²) >= 11 is 0. The number of carbonyl (C=O) groups is 2. The molecule has 12 heteroatoms. The van der Waals surface area contributed by atoms with Gasteiger partial charge >= 0.3 is 12.1 Å². The van der Waals surface area contributed by atoms with Crippen LogP contribution >= 0.6 is 0 Å². The minimum Gasteiger partial charge on any atom is -0.481 e. The first kappa shape index (κ1) is 21.7. The van der Waals surface area contributed by atoms with Gasteiger partial charge in [0.25, 0.3) is 5.91 Å². The van der Waals surface area contributed by atoms with Crippen LogP contribution < -0.4 is 10.6 Å². The van der Waals surface area contributed by atoms with E-state index in [4.69, 9.17) is 5.11 Å². The summed E-state index contributed by atoms with van der Waals surface area (Å²) in [6.07, 6.45) is -0.181. The van der Waals surface area contributed by atoms with Gasteiger partial charge in [-0.25, -0.2) is 14.6 Å². The van der Waals surface area contributed by atoms with E-state index in [-0.39, 0.29) is 18.8 Å². The van der Waals surface area contributed by atoms with Crippen LogP contribution in [0.2, 0.25) is 0 Å². The third-order valence-electron chi connectivity index (χ3n) is 4.08. The first-order valence-electron chi connectivity index (χ1n) is 8.99. The van der Waals surface area contributed by atoms with Crippen molar-refractivity contribution in [1.82, 2.24) is 25.1 Å². The van der Waals surface area contributed by atoms with E-state index in [2.05, 4.69) is 25.7 Å². The van der Waals surface area contributed by atoms with E-state index < -0.39 is 23.6 Å². The van der Waals surface area contributed by atoms with Crippen molar-refractivity contribution in [2.24, 2.45) is 0 Å². The summed E-state index contributed by atoms with van der Waals surface area (Å²) < 4.78 is 39.0. The molecule has 3 N–H and O–H groups in total. The van der Waals surface area contributed by atoms with Crippen molar-refractivity contribution in [2.75, 3.05) is 11.9 Å². The van der Waals surface area contributed by atoms with Crippen LogP contribution in [0.15, 0.2) is 49.1 Å². The average molecular weight is 434 g/mol.